The van der Waals surface area contributed by atoms with E-state index >= 15 is 0 Å². The van der Waals surface area contributed by atoms with Crippen LogP contribution in [0.25, 0.3) is 0 Å². The van der Waals surface area contributed by atoms with Crippen LogP contribution >= 0.6 is 0 Å². The third-order valence-electron chi connectivity index (χ3n) is 3.92. The standard InChI is InChI=1S/C18H35N5O/c1-13-12-15(23(21-13)18(5,6)7)20-16(24)19-14(17(2,3)4)10-11-22(8)9/h12,14H,10-11H2,1-9H3,(H2,19,20,24)/t14-/m1/s1. The Kier molecular flexibility index (Phi) is 6.45. The van der Waals surface area contributed by atoms with Crippen LogP contribution in [0.5, 0.6) is 0 Å². The number of aromatic nitrogens is 2. The van der Waals surface area contributed by atoms with Crippen molar-refractivity contribution in [2.24, 2.45) is 5.41 Å². The zero-order valence-corrected chi connectivity index (χ0v) is 16.8. The summed E-state index contributed by atoms with van der Waals surface area (Å²) >= 11 is 0. The minimum atomic E-state index is -0.189. The molecule has 1 atom stereocenters. The van der Waals surface area contributed by atoms with Gasteiger partial charge < -0.3 is 10.2 Å². The monoisotopic (exact) mass is 337 g/mol. The topological polar surface area (TPSA) is 62.2 Å². The van der Waals surface area contributed by atoms with Crippen molar-refractivity contribution < 1.29 is 4.79 Å². The molecule has 0 aliphatic carbocycles. The minimum absolute atomic E-state index is 0.00641. The van der Waals surface area contributed by atoms with Crippen LogP contribution in [0.15, 0.2) is 6.07 Å². The van der Waals surface area contributed by atoms with E-state index < -0.39 is 0 Å². The largest absolute Gasteiger partial charge is 0.335 e. The fourth-order valence-electron chi connectivity index (χ4n) is 2.52. The summed E-state index contributed by atoms with van der Waals surface area (Å²) in [4.78, 5) is 14.7. The van der Waals surface area contributed by atoms with Crippen LogP contribution in [0, 0.1) is 12.3 Å². The number of carbonyl (C=O) groups is 1. The van der Waals surface area contributed by atoms with Crippen LogP contribution in [-0.2, 0) is 5.54 Å². The summed E-state index contributed by atoms with van der Waals surface area (Å²) < 4.78 is 1.85. The molecule has 2 amide bonds. The molecule has 1 heterocycles. The number of anilines is 1. The van der Waals surface area contributed by atoms with Gasteiger partial charge in [-0.1, -0.05) is 20.8 Å². The molecule has 0 fully saturated rings. The molecule has 0 aromatic carbocycles. The molecule has 1 rings (SSSR count). The second-order valence-corrected chi connectivity index (χ2v) is 8.86. The zero-order chi connectivity index (χ0) is 18.7. The van der Waals surface area contributed by atoms with Gasteiger partial charge in [0, 0.05) is 12.1 Å². The molecule has 0 saturated heterocycles. The number of amides is 2. The molecule has 0 spiro atoms. The Morgan fingerprint density at radius 2 is 1.83 bits per heavy atom. The van der Waals surface area contributed by atoms with Crippen LogP contribution < -0.4 is 10.6 Å². The minimum Gasteiger partial charge on any atom is -0.335 e. The maximum Gasteiger partial charge on any atom is 0.320 e. The molecule has 0 aliphatic rings. The maximum absolute atomic E-state index is 12.5. The quantitative estimate of drug-likeness (QED) is 0.865. The second kappa shape index (κ2) is 7.55. The van der Waals surface area contributed by atoms with Gasteiger partial charge in [0.05, 0.1) is 11.2 Å². The lowest BCUT2D eigenvalue weighted by molar-refractivity contribution is 0.215. The first-order valence-electron chi connectivity index (χ1n) is 8.60. The van der Waals surface area contributed by atoms with E-state index in [1.165, 1.54) is 0 Å². The third kappa shape index (κ3) is 6.15. The molecule has 0 radical (unpaired) electrons. The third-order valence-corrected chi connectivity index (χ3v) is 3.92. The van der Waals surface area contributed by atoms with Gasteiger partial charge in [0.15, 0.2) is 0 Å². The van der Waals surface area contributed by atoms with Gasteiger partial charge in [-0.15, -0.1) is 0 Å². The summed E-state index contributed by atoms with van der Waals surface area (Å²) in [5, 5.41) is 10.6. The van der Waals surface area contributed by atoms with Crippen molar-refractivity contribution in [3.05, 3.63) is 11.8 Å². The lowest BCUT2D eigenvalue weighted by Gasteiger charge is -2.32. The van der Waals surface area contributed by atoms with Crippen LogP contribution in [0.2, 0.25) is 0 Å². The smallest absolute Gasteiger partial charge is 0.320 e. The first kappa shape index (κ1) is 20.5. The molecule has 0 unspecified atom stereocenters. The van der Waals surface area contributed by atoms with Crippen molar-refractivity contribution >= 4 is 11.8 Å². The highest BCUT2D eigenvalue weighted by molar-refractivity contribution is 5.88. The second-order valence-electron chi connectivity index (χ2n) is 8.86. The van der Waals surface area contributed by atoms with Gasteiger partial charge in [-0.2, -0.15) is 5.10 Å². The van der Waals surface area contributed by atoms with Crippen molar-refractivity contribution in [1.82, 2.24) is 20.0 Å². The molecule has 0 saturated carbocycles. The van der Waals surface area contributed by atoms with Crippen molar-refractivity contribution in [2.75, 3.05) is 26.0 Å². The summed E-state index contributed by atoms with van der Waals surface area (Å²) in [5.41, 5.74) is 0.693. The first-order chi connectivity index (χ1) is 10.8. The molecule has 1 aromatic rings. The van der Waals surface area contributed by atoms with Crippen LogP contribution in [-0.4, -0.2) is 47.4 Å². The van der Waals surface area contributed by atoms with Crippen LogP contribution in [0.1, 0.15) is 53.7 Å². The Bertz CT molecular complexity index is 549. The molecule has 6 heteroatoms. The molecule has 1 aromatic heterocycles. The van der Waals surface area contributed by atoms with Gasteiger partial charge in [-0.05, 0) is 60.2 Å². The van der Waals surface area contributed by atoms with Crippen LogP contribution in [0.3, 0.4) is 0 Å². The van der Waals surface area contributed by atoms with Gasteiger partial charge >= 0.3 is 6.03 Å². The van der Waals surface area contributed by atoms with E-state index in [2.05, 4.69) is 62.2 Å². The molecule has 6 nitrogen and oxygen atoms in total. The zero-order valence-electron chi connectivity index (χ0n) is 16.8. The normalized spacial score (nSPS) is 13.9. The van der Waals surface area contributed by atoms with Crippen molar-refractivity contribution in [3.63, 3.8) is 0 Å². The summed E-state index contributed by atoms with van der Waals surface area (Å²) in [5.74, 6) is 0.720. The summed E-state index contributed by atoms with van der Waals surface area (Å²) in [7, 11) is 4.09. The van der Waals surface area contributed by atoms with E-state index in [-0.39, 0.29) is 23.0 Å². The lowest BCUT2D eigenvalue weighted by atomic mass is 9.85. The maximum atomic E-state index is 12.5. The number of carbonyl (C=O) groups excluding carboxylic acids is 1. The van der Waals surface area contributed by atoms with E-state index in [0.717, 1.165) is 24.5 Å². The Balaban J connectivity index is 2.83. The molecule has 0 aliphatic heterocycles. The average Bonchev–Trinajstić information content (AvgIpc) is 2.73. The Morgan fingerprint density at radius 3 is 2.29 bits per heavy atom. The van der Waals surface area contributed by atoms with Gasteiger partial charge in [0.2, 0.25) is 0 Å². The Hall–Kier alpha value is -1.56. The lowest BCUT2D eigenvalue weighted by Crippen LogP contribution is -2.47. The van der Waals surface area contributed by atoms with E-state index in [9.17, 15) is 4.79 Å². The predicted molar refractivity (Wildman–Crippen MR) is 101 cm³/mol. The highest BCUT2D eigenvalue weighted by Crippen LogP contribution is 2.23. The number of hydrogen-bond acceptors (Lipinski definition) is 3. The summed E-state index contributed by atoms with van der Waals surface area (Å²) in [6.07, 6.45) is 0.904. The Morgan fingerprint density at radius 1 is 1.25 bits per heavy atom. The highest BCUT2D eigenvalue weighted by Gasteiger charge is 2.27. The first-order valence-corrected chi connectivity index (χ1v) is 8.60. The summed E-state index contributed by atoms with van der Waals surface area (Å²) in [6, 6.07) is 1.81. The van der Waals surface area contributed by atoms with Gasteiger partial charge in [-0.25, -0.2) is 9.48 Å². The van der Waals surface area contributed by atoms with E-state index in [0.29, 0.717) is 0 Å². The van der Waals surface area contributed by atoms with Gasteiger partial charge in [-0.3, -0.25) is 5.32 Å². The average molecular weight is 338 g/mol. The molecule has 138 valence electrons. The van der Waals surface area contributed by atoms with E-state index in [4.69, 9.17) is 0 Å². The number of aryl methyl sites for hydroxylation is 1. The highest BCUT2D eigenvalue weighted by atomic mass is 16.2. The van der Waals surface area contributed by atoms with Crippen LogP contribution in [0.4, 0.5) is 10.6 Å². The summed E-state index contributed by atoms with van der Waals surface area (Å²) in [6.45, 7) is 15.5. The fraction of sp³-hybridized carbons (Fsp3) is 0.778. The fourth-order valence-corrected chi connectivity index (χ4v) is 2.52. The number of rotatable bonds is 5. The van der Waals surface area contributed by atoms with E-state index in [1.807, 2.05) is 31.8 Å². The van der Waals surface area contributed by atoms with Crippen molar-refractivity contribution in [3.8, 4) is 0 Å². The van der Waals surface area contributed by atoms with Crippen molar-refractivity contribution in [2.45, 2.75) is 66.5 Å². The molecule has 24 heavy (non-hydrogen) atoms. The molecular formula is C18H35N5O. The number of hydrogen-bond donors (Lipinski definition) is 2. The van der Waals surface area contributed by atoms with E-state index in [1.54, 1.807) is 0 Å². The van der Waals surface area contributed by atoms with Gasteiger partial charge in [0.25, 0.3) is 0 Å². The number of nitrogens with zero attached hydrogens (tertiary/aromatic N) is 3. The number of nitrogens with one attached hydrogen (secondary N) is 2. The number of urea groups is 1. The molecular weight excluding hydrogens is 302 g/mol. The Labute approximate surface area is 147 Å². The molecule has 2 N–H and O–H groups in total. The SMILES string of the molecule is Cc1cc(NC(=O)N[C@H](CCN(C)C)C(C)(C)C)n(C(C)(C)C)n1. The predicted octanol–water partition coefficient (Wildman–Crippen LogP) is 3.43. The van der Waals surface area contributed by atoms with Gasteiger partial charge in [0.1, 0.15) is 5.82 Å². The van der Waals surface area contributed by atoms with Crippen molar-refractivity contribution in [1.29, 1.82) is 0 Å². The molecule has 0 bridgehead atoms.